The number of amides is 1. The zero-order valence-corrected chi connectivity index (χ0v) is 23.4. The number of aromatic nitrogens is 2. The van der Waals surface area contributed by atoms with Gasteiger partial charge in [-0.25, -0.2) is 4.39 Å². The summed E-state index contributed by atoms with van der Waals surface area (Å²) in [5.74, 6) is -0.225. The van der Waals surface area contributed by atoms with Gasteiger partial charge in [0.15, 0.2) is 5.82 Å². The Morgan fingerprint density at radius 2 is 1.77 bits per heavy atom. The Bertz CT molecular complexity index is 1570. The van der Waals surface area contributed by atoms with Gasteiger partial charge in [0.2, 0.25) is 5.91 Å². The molecule has 5 rings (SSSR count). The molecule has 0 spiro atoms. The van der Waals surface area contributed by atoms with Crippen LogP contribution in [0.3, 0.4) is 0 Å². The summed E-state index contributed by atoms with van der Waals surface area (Å²) in [6.45, 7) is 1.59. The molecule has 1 heterocycles. The second kappa shape index (κ2) is 11.0. The van der Waals surface area contributed by atoms with Gasteiger partial charge in [0, 0.05) is 26.5 Å². The highest BCUT2D eigenvalue weighted by Crippen LogP contribution is 2.57. The molecule has 2 atom stereocenters. The number of hydrogen-bond donors (Lipinski definition) is 1. The van der Waals surface area contributed by atoms with Crippen LogP contribution in [0.5, 0.6) is 0 Å². The summed E-state index contributed by atoms with van der Waals surface area (Å²) < 4.78 is 41.2. The van der Waals surface area contributed by atoms with Crippen LogP contribution in [-0.4, -0.2) is 24.8 Å². The summed E-state index contributed by atoms with van der Waals surface area (Å²) in [7, 11) is 0. The standard InChI is InChI=1S/C27H21Cl3FN3O4S/c1-14(39(36)37)16-4-2-15(3-5-16)10-23(35)32-18-12-21(29)24(22(30)13-18)27(8-9-27)26-33-25(38-34-26)19-7-6-17(31)11-20(19)28/h2-7,11-14H,8-10H2,1H3,(H,32,35)(H,36,37)/p-1. The third-order valence-corrected chi connectivity index (χ3v) is 8.43. The molecule has 0 saturated heterocycles. The number of anilines is 1. The molecule has 2 unspecified atom stereocenters. The third kappa shape index (κ3) is 5.73. The average molecular weight is 608 g/mol. The zero-order valence-electron chi connectivity index (χ0n) is 20.3. The maximum absolute atomic E-state index is 13.4. The predicted molar refractivity (Wildman–Crippen MR) is 147 cm³/mol. The Hall–Kier alpha value is -2.82. The molecule has 0 radical (unpaired) electrons. The molecule has 202 valence electrons. The van der Waals surface area contributed by atoms with Crippen molar-refractivity contribution in [1.29, 1.82) is 0 Å². The molecular formula is C27H20Cl3FN3O4S-. The van der Waals surface area contributed by atoms with Crippen molar-refractivity contribution in [2.24, 2.45) is 0 Å². The molecule has 1 saturated carbocycles. The second-order valence-electron chi connectivity index (χ2n) is 9.31. The largest absolute Gasteiger partial charge is 0.772 e. The molecule has 1 aliphatic carbocycles. The van der Waals surface area contributed by atoms with Crippen molar-refractivity contribution in [1.82, 2.24) is 10.1 Å². The van der Waals surface area contributed by atoms with Gasteiger partial charge < -0.3 is 14.4 Å². The maximum atomic E-state index is 13.4. The molecule has 7 nitrogen and oxygen atoms in total. The first-order chi connectivity index (χ1) is 18.6. The van der Waals surface area contributed by atoms with Crippen molar-refractivity contribution in [3.05, 3.63) is 98.0 Å². The van der Waals surface area contributed by atoms with Gasteiger partial charge in [-0.05, 0) is 72.3 Å². The van der Waals surface area contributed by atoms with Crippen LogP contribution < -0.4 is 5.32 Å². The molecule has 0 aliphatic heterocycles. The Morgan fingerprint density at radius 1 is 1.10 bits per heavy atom. The topological polar surface area (TPSA) is 108 Å². The molecular weight excluding hydrogens is 588 g/mol. The normalized spacial score (nSPS) is 15.5. The quantitative estimate of drug-likeness (QED) is 0.215. The lowest BCUT2D eigenvalue weighted by molar-refractivity contribution is -0.115. The summed E-state index contributed by atoms with van der Waals surface area (Å²) in [5, 5.41) is 7.13. The van der Waals surface area contributed by atoms with Gasteiger partial charge in [-0.2, -0.15) is 4.98 Å². The van der Waals surface area contributed by atoms with Crippen LogP contribution in [-0.2, 0) is 27.7 Å². The zero-order chi connectivity index (χ0) is 27.9. The Kier molecular flexibility index (Phi) is 7.81. The summed E-state index contributed by atoms with van der Waals surface area (Å²) in [4.78, 5) is 17.2. The summed E-state index contributed by atoms with van der Waals surface area (Å²) >= 11 is 17.2. The molecule has 1 aliphatic rings. The van der Waals surface area contributed by atoms with Crippen molar-refractivity contribution in [3.63, 3.8) is 0 Å². The fourth-order valence-corrected chi connectivity index (χ4v) is 5.89. The third-order valence-electron chi connectivity index (χ3n) is 6.67. The van der Waals surface area contributed by atoms with Crippen molar-refractivity contribution >= 4 is 57.5 Å². The molecule has 0 bridgehead atoms. The Morgan fingerprint density at radius 3 is 2.36 bits per heavy atom. The number of carbonyl (C=O) groups is 1. The minimum Gasteiger partial charge on any atom is -0.772 e. The van der Waals surface area contributed by atoms with E-state index in [0.717, 1.165) is 5.56 Å². The van der Waals surface area contributed by atoms with Crippen molar-refractivity contribution in [2.75, 3.05) is 5.32 Å². The molecule has 12 heteroatoms. The van der Waals surface area contributed by atoms with Crippen LogP contribution in [0.25, 0.3) is 11.5 Å². The number of nitrogens with one attached hydrogen (secondary N) is 1. The highest BCUT2D eigenvalue weighted by Gasteiger charge is 2.52. The smallest absolute Gasteiger partial charge is 0.259 e. The highest BCUT2D eigenvalue weighted by molar-refractivity contribution is 7.79. The van der Waals surface area contributed by atoms with Crippen molar-refractivity contribution in [3.8, 4) is 11.5 Å². The van der Waals surface area contributed by atoms with Crippen molar-refractivity contribution in [2.45, 2.75) is 36.9 Å². The second-order valence-corrected chi connectivity index (χ2v) is 11.8. The Labute approximate surface area is 241 Å². The van der Waals surface area contributed by atoms with E-state index < -0.39 is 27.6 Å². The number of nitrogens with zero attached hydrogens (tertiary/aromatic N) is 2. The van der Waals surface area contributed by atoms with E-state index in [2.05, 4.69) is 15.5 Å². The predicted octanol–water partition coefficient (Wildman–Crippen LogP) is 7.04. The summed E-state index contributed by atoms with van der Waals surface area (Å²) in [6, 6.07) is 13.9. The number of carbonyl (C=O) groups excluding carboxylic acids is 1. The minimum atomic E-state index is -2.22. The van der Waals surface area contributed by atoms with Gasteiger partial charge in [0.05, 0.1) is 22.4 Å². The van der Waals surface area contributed by atoms with Gasteiger partial charge in [0.1, 0.15) is 5.82 Å². The fourth-order valence-electron chi connectivity index (χ4n) is 4.41. The highest BCUT2D eigenvalue weighted by atomic mass is 35.5. The Balaban J connectivity index is 1.32. The van der Waals surface area contributed by atoms with E-state index in [1.54, 1.807) is 43.3 Å². The average Bonchev–Trinajstić information content (AvgIpc) is 3.50. The first-order valence-corrected chi connectivity index (χ1v) is 14.1. The molecule has 1 amide bonds. The van der Waals surface area contributed by atoms with Crippen LogP contribution in [0.2, 0.25) is 15.1 Å². The van der Waals surface area contributed by atoms with Gasteiger partial charge in [0.25, 0.3) is 5.89 Å². The molecule has 1 fully saturated rings. The fraction of sp³-hybridized carbons (Fsp3) is 0.222. The van der Waals surface area contributed by atoms with Crippen LogP contribution >= 0.6 is 34.8 Å². The summed E-state index contributed by atoms with van der Waals surface area (Å²) in [5.41, 5.74) is 2.17. The monoisotopic (exact) mass is 606 g/mol. The molecule has 3 aromatic carbocycles. The van der Waals surface area contributed by atoms with Gasteiger partial charge >= 0.3 is 0 Å². The van der Waals surface area contributed by atoms with Gasteiger partial charge in [-0.15, -0.1) is 0 Å². The van der Waals surface area contributed by atoms with Gasteiger partial charge in [-0.3, -0.25) is 9.00 Å². The van der Waals surface area contributed by atoms with Crippen LogP contribution in [0.15, 0.2) is 59.1 Å². The SMILES string of the molecule is CC(c1ccc(CC(=O)Nc2cc(Cl)c(C3(c4noc(-c5ccc(F)cc5Cl)n4)CC3)c(Cl)c2)cc1)S(=O)[O-]. The summed E-state index contributed by atoms with van der Waals surface area (Å²) in [6.07, 6.45) is 1.44. The van der Waals surface area contributed by atoms with Crippen molar-refractivity contribution < 1.29 is 22.5 Å². The molecule has 1 aromatic heterocycles. The van der Waals surface area contributed by atoms with Crippen LogP contribution in [0.1, 0.15) is 47.5 Å². The molecule has 4 aromatic rings. The van der Waals surface area contributed by atoms with E-state index in [4.69, 9.17) is 39.3 Å². The van der Waals surface area contributed by atoms with Crippen LogP contribution in [0.4, 0.5) is 10.1 Å². The maximum Gasteiger partial charge on any atom is 0.259 e. The van der Waals surface area contributed by atoms with E-state index in [-0.39, 0.29) is 23.2 Å². The lowest BCUT2D eigenvalue weighted by Crippen LogP contribution is -2.16. The molecule has 1 N–H and O–H groups in total. The van der Waals surface area contributed by atoms with E-state index in [1.165, 1.54) is 18.2 Å². The van der Waals surface area contributed by atoms with Gasteiger partial charge in [-0.1, -0.05) is 64.2 Å². The number of hydrogen-bond acceptors (Lipinski definition) is 6. The van der Waals surface area contributed by atoms with E-state index in [0.29, 0.717) is 51.1 Å². The molecule has 39 heavy (non-hydrogen) atoms. The first kappa shape index (κ1) is 27.7. The van der Waals surface area contributed by atoms with Crippen LogP contribution in [0, 0.1) is 5.82 Å². The van der Waals surface area contributed by atoms with E-state index in [1.807, 2.05) is 0 Å². The van der Waals surface area contributed by atoms with E-state index in [9.17, 15) is 17.9 Å². The van der Waals surface area contributed by atoms with E-state index >= 15 is 0 Å². The number of benzene rings is 3. The lowest BCUT2D eigenvalue weighted by Gasteiger charge is -2.17. The number of halogens is 4. The first-order valence-electron chi connectivity index (χ1n) is 11.8. The lowest BCUT2D eigenvalue weighted by atomic mass is 9.94. The minimum absolute atomic E-state index is 0.0770. The number of rotatable bonds is 8.